The lowest BCUT2D eigenvalue weighted by molar-refractivity contribution is -0.354. The molecule has 50 valence electrons. The highest BCUT2D eigenvalue weighted by Crippen LogP contribution is 1.88. The minimum atomic E-state index is -0.0245. The Morgan fingerprint density at radius 2 is 2.25 bits per heavy atom. The topological polar surface area (TPSA) is 58.7 Å². The molecule has 0 aromatic carbocycles. The highest BCUT2D eigenvalue weighted by atomic mass is 16.9. The molecule has 4 heteroatoms. The van der Waals surface area contributed by atoms with Crippen LogP contribution in [0.15, 0.2) is 0 Å². The summed E-state index contributed by atoms with van der Waals surface area (Å²) in [6.45, 7) is 3.61. The van der Waals surface area contributed by atoms with Gasteiger partial charge in [-0.15, -0.1) is 0 Å². The minimum absolute atomic E-state index is 0.00181. The summed E-state index contributed by atoms with van der Waals surface area (Å²) in [4.78, 5) is 4.66. The first kappa shape index (κ1) is 7.84. The van der Waals surface area contributed by atoms with E-state index in [1.807, 2.05) is 0 Å². The summed E-state index contributed by atoms with van der Waals surface area (Å²) in [7, 11) is 0. The van der Waals surface area contributed by atoms with E-state index in [0.717, 1.165) is 0 Å². The first-order chi connectivity index (χ1) is 3.66. The fraction of sp³-hybridized carbons (Fsp3) is 1.00. The molecule has 0 aliphatic heterocycles. The van der Waals surface area contributed by atoms with E-state index in [0.29, 0.717) is 5.23 Å². The second kappa shape index (κ2) is 3.80. The van der Waals surface area contributed by atoms with Gasteiger partial charge >= 0.3 is 0 Å². The van der Waals surface area contributed by atoms with Gasteiger partial charge in [-0.3, -0.25) is 10.0 Å². The molecule has 0 amide bonds. The number of nitrogens with zero attached hydrogens (tertiary/aromatic N) is 1. The van der Waals surface area contributed by atoms with Crippen molar-refractivity contribution in [3.05, 3.63) is 0 Å². The molecule has 0 bridgehead atoms. The number of nitrogens with two attached hydrogens (primary N) is 1. The minimum Gasteiger partial charge on any atom is -0.314 e. The number of hydrogen-bond donors (Lipinski definition) is 2. The van der Waals surface area contributed by atoms with Gasteiger partial charge < -0.3 is 5.73 Å². The molecule has 0 aliphatic rings. The van der Waals surface area contributed by atoms with Crippen LogP contribution in [0.1, 0.15) is 13.8 Å². The highest BCUT2D eigenvalue weighted by molar-refractivity contribution is 4.28. The molecule has 3 N–H and O–H groups in total. The maximum atomic E-state index is 8.51. The fourth-order valence-electron chi connectivity index (χ4n) is 0.286. The molecule has 0 rings (SSSR count). The summed E-state index contributed by atoms with van der Waals surface area (Å²) in [6, 6.07) is 0. The van der Waals surface area contributed by atoms with Crippen LogP contribution in [-0.4, -0.2) is 23.2 Å². The van der Waals surface area contributed by atoms with Gasteiger partial charge in [0.2, 0.25) is 0 Å². The fourth-order valence-corrected chi connectivity index (χ4v) is 0.286. The average Bonchev–Trinajstić information content (AvgIpc) is 1.65. The molecule has 0 aliphatic carbocycles. The largest absolute Gasteiger partial charge is 0.314 e. The van der Waals surface area contributed by atoms with Crippen LogP contribution in [0.3, 0.4) is 0 Å². The predicted octanol–water partition coefficient (Wildman–Crippen LogP) is -0.0662. The highest BCUT2D eigenvalue weighted by Gasteiger charge is 1.98. The summed E-state index contributed by atoms with van der Waals surface area (Å²) >= 11 is 0. The van der Waals surface area contributed by atoms with Crippen molar-refractivity contribution in [2.24, 2.45) is 5.73 Å². The van der Waals surface area contributed by atoms with Gasteiger partial charge in [-0.1, -0.05) is 5.23 Å². The van der Waals surface area contributed by atoms with E-state index in [2.05, 4.69) is 4.84 Å². The van der Waals surface area contributed by atoms with Crippen LogP contribution in [-0.2, 0) is 4.84 Å². The van der Waals surface area contributed by atoms with E-state index in [1.54, 1.807) is 13.8 Å². The van der Waals surface area contributed by atoms with Gasteiger partial charge in [-0.25, -0.2) is 0 Å². The molecule has 0 saturated heterocycles. The zero-order chi connectivity index (χ0) is 6.57. The van der Waals surface area contributed by atoms with Crippen molar-refractivity contribution in [1.82, 2.24) is 5.23 Å². The van der Waals surface area contributed by atoms with Crippen LogP contribution in [0, 0.1) is 0 Å². The second-order valence-electron chi connectivity index (χ2n) is 1.69. The molecule has 0 heterocycles. The molecule has 0 atom stereocenters. The van der Waals surface area contributed by atoms with E-state index in [4.69, 9.17) is 10.9 Å². The third-order valence-corrected chi connectivity index (χ3v) is 0.489. The second-order valence-corrected chi connectivity index (χ2v) is 1.69. The Morgan fingerprint density at radius 1 is 1.75 bits per heavy atom. The number of hydrogen-bond acceptors (Lipinski definition) is 4. The Hall–Kier alpha value is -0.160. The average molecular weight is 120 g/mol. The van der Waals surface area contributed by atoms with Crippen LogP contribution in [0.25, 0.3) is 0 Å². The van der Waals surface area contributed by atoms with Crippen molar-refractivity contribution in [1.29, 1.82) is 0 Å². The molecule has 8 heavy (non-hydrogen) atoms. The molecule has 0 spiro atoms. The molecule has 0 fully saturated rings. The van der Waals surface area contributed by atoms with Crippen molar-refractivity contribution in [2.45, 2.75) is 20.0 Å². The molecule has 0 saturated carbocycles. The standard InChI is InChI=1S/C4H12N2O2/c1-4(2)8-6(7)3-5/h4,7H,3,5H2,1-2H3. The molecular formula is C4H12N2O2. The van der Waals surface area contributed by atoms with Gasteiger partial charge in [0.15, 0.2) is 0 Å². The van der Waals surface area contributed by atoms with E-state index >= 15 is 0 Å². The van der Waals surface area contributed by atoms with Crippen molar-refractivity contribution in [3.8, 4) is 0 Å². The van der Waals surface area contributed by atoms with Gasteiger partial charge in [0, 0.05) is 0 Å². The molecule has 0 unspecified atom stereocenters. The van der Waals surface area contributed by atoms with Crippen molar-refractivity contribution in [3.63, 3.8) is 0 Å². The quantitative estimate of drug-likeness (QED) is 0.404. The first-order valence-corrected chi connectivity index (χ1v) is 2.50. The van der Waals surface area contributed by atoms with Crippen LogP contribution in [0.4, 0.5) is 0 Å². The number of hydroxylamine groups is 2. The van der Waals surface area contributed by atoms with Crippen LogP contribution < -0.4 is 5.73 Å². The lowest BCUT2D eigenvalue weighted by Gasteiger charge is -2.13. The first-order valence-electron chi connectivity index (χ1n) is 2.50. The molecule has 0 aromatic heterocycles. The molecular weight excluding hydrogens is 108 g/mol. The predicted molar refractivity (Wildman–Crippen MR) is 28.9 cm³/mol. The van der Waals surface area contributed by atoms with E-state index < -0.39 is 0 Å². The van der Waals surface area contributed by atoms with Crippen molar-refractivity contribution >= 4 is 0 Å². The lowest BCUT2D eigenvalue weighted by Crippen LogP contribution is -2.29. The third kappa shape index (κ3) is 4.01. The lowest BCUT2D eigenvalue weighted by atomic mass is 10.5. The van der Waals surface area contributed by atoms with Crippen LogP contribution in [0.5, 0.6) is 0 Å². The number of rotatable bonds is 3. The third-order valence-electron chi connectivity index (χ3n) is 0.489. The van der Waals surface area contributed by atoms with Gasteiger partial charge in [0.05, 0.1) is 12.8 Å². The van der Waals surface area contributed by atoms with Crippen molar-refractivity contribution < 1.29 is 10.0 Å². The normalized spacial score (nSPS) is 11.2. The Kier molecular flexibility index (Phi) is 3.72. The van der Waals surface area contributed by atoms with Gasteiger partial charge in [-0.05, 0) is 13.8 Å². The SMILES string of the molecule is CC(C)ON(O)CN. The van der Waals surface area contributed by atoms with Gasteiger partial charge in [0.1, 0.15) is 0 Å². The maximum Gasteiger partial charge on any atom is 0.0984 e. The van der Waals surface area contributed by atoms with E-state index in [1.165, 1.54) is 0 Å². The van der Waals surface area contributed by atoms with Crippen molar-refractivity contribution in [2.75, 3.05) is 6.67 Å². The summed E-state index contributed by atoms with van der Waals surface area (Å²) in [5.74, 6) is 0. The molecule has 0 aromatic rings. The Bertz CT molecular complexity index is 58.0. The summed E-state index contributed by atoms with van der Waals surface area (Å²) < 4.78 is 0. The molecule has 4 nitrogen and oxygen atoms in total. The summed E-state index contributed by atoms with van der Waals surface area (Å²) in [6.07, 6.45) is -0.0245. The summed E-state index contributed by atoms with van der Waals surface area (Å²) in [5, 5.41) is 9.12. The van der Waals surface area contributed by atoms with E-state index in [-0.39, 0.29) is 12.8 Å². The summed E-state index contributed by atoms with van der Waals surface area (Å²) in [5.41, 5.74) is 4.97. The smallest absolute Gasteiger partial charge is 0.0984 e. The van der Waals surface area contributed by atoms with Gasteiger partial charge in [-0.2, -0.15) is 0 Å². The zero-order valence-electron chi connectivity index (χ0n) is 5.16. The Morgan fingerprint density at radius 3 is 2.38 bits per heavy atom. The Balaban J connectivity index is 3.10. The Labute approximate surface area is 48.7 Å². The maximum absolute atomic E-state index is 8.51. The monoisotopic (exact) mass is 120 g/mol. The zero-order valence-corrected chi connectivity index (χ0v) is 5.16. The molecule has 0 radical (unpaired) electrons. The van der Waals surface area contributed by atoms with E-state index in [9.17, 15) is 0 Å². The van der Waals surface area contributed by atoms with Crippen LogP contribution in [0.2, 0.25) is 0 Å². The van der Waals surface area contributed by atoms with Crippen LogP contribution >= 0.6 is 0 Å². The van der Waals surface area contributed by atoms with Gasteiger partial charge in [0.25, 0.3) is 0 Å².